The maximum atomic E-state index is 12.6. The van der Waals surface area contributed by atoms with Crippen LogP contribution in [0.15, 0.2) is 39.6 Å². The number of rotatable bonds is 4. The Morgan fingerprint density at radius 3 is 2.50 bits per heavy atom. The van der Waals surface area contributed by atoms with Crippen molar-refractivity contribution in [3.63, 3.8) is 0 Å². The quantitative estimate of drug-likeness (QED) is 0.862. The van der Waals surface area contributed by atoms with Gasteiger partial charge in [-0.15, -0.1) is 0 Å². The fourth-order valence-electron chi connectivity index (χ4n) is 2.24. The van der Waals surface area contributed by atoms with E-state index in [1.165, 1.54) is 23.5 Å². The number of hydrogen-bond acceptors (Lipinski definition) is 5. The highest BCUT2D eigenvalue weighted by molar-refractivity contribution is 7.89. The first-order valence-electron chi connectivity index (χ1n) is 6.88. The molecule has 7 heteroatoms. The SMILES string of the molecule is Cc1ccc(CN(C)S(=O)(=O)c2ccc3c(c2)OCCO3)o1. The molecule has 1 aliphatic rings. The van der Waals surface area contributed by atoms with E-state index in [-0.39, 0.29) is 11.4 Å². The Morgan fingerprint density at radius 1 is 1.09 bits per heavy atom. The van der Waals surface area contributed by atoms with Crippen molar-refractivity contribution in [3.05, 3.63) is 41.9 Å². The molecule has 1 aromatic heterocycles. The molecule has 118 valence electrons. The van der Waals surface area contributed by atoms with Gasteiger partial charge in [0, 0.05) is 13.1 Å². The zero-order valence-corrected chi connectivity index (χ0v) is 13.2. The van der Waals surface area contributed by atoms with Gasteiger partial charge in [-0.1, -0.05) is 0 Å². The Kier molecular flexibility index (Phi) is 3.84. The second kappa shape index (κ2) is 5.66. The molecule has 0 fully saturated rings. The molecule has 1 aromatic carbocycles. The van der Waals surface area contributed by atoms with Gasteiger partial charge in [0.25, 0.3) is 0 Å². The highest BCUT2D eigenvalue weighted by Crippen LogP contribution is 2.33. The van der Waals surface area contributed by atoms with Crippen LogP contribution in [0.25, 0.3) is 0 Å². The van der Waals surface area contributed by atoms with E-state index >= 15 is 0 Å². The minimum Gasteiger partial charge on any atom is -0.486 e. The number of aryl methyl sites for hydroxylation is 1. The Morgan fingerprint density at radius 2 is 1.82 bits per heavy atom. The van der Waals surface area contributed by atoms with Crippen LogP contribution in [0.3, 0.4) is 0 Å². The van der Waals surface area contributed by atoms with E-state index in [1.807, 2.05) is 6.92 Å². The lowest BCUT2D eigenvalue weighted by atomic mass is 10.3. The molecule has 0 atom stereocenters. The van der Waals surface area contributed by atoms with E-state index in [0.717, 1.165) is 5.76 Å². The van der Waals surface area contributed by atoms with Gasteiger partial charge in [0.05, 0.1) is 11.4 Å². The number of ether oxygens (including phenoxy) is 2. The topological polar surface area (TPSA) is 69.0 Å². The van der Waals surface area contributed by atoms with Crippen LogP contribution in [-0.2, 0) is 16.6 Å². The van der Waals surface area contributed by atoms with Crippen molar-refractivity contribution in [2.75, 3.05) is 20.3 Å². The number of benzene rings is 1. The van der Waals surface area contributed by atoms with Crippen LogP contribution in [0.1, 0.15) is 11.5 Å². The summed E-state index contributed by atoms with van der Waals surface area (Å²) in [5, 5.41) is 0. The fourth-order valence-corrected chi connectivity index (χ4v) is 3.39. The molecule has 0 bridgehead atoms. The van der Waals surface area contributed by atoms with Crippen LogP contribution in [0.2, 0.25) is 0 Å². The number of hydrogen-bond donors (Lipinski definition) is 0. The molecule has 0 aliphatic carbocycles. The number of nitrogens with zero attached hydrogens (tertiary/aromatic N) is 1. The van der Waals surface area contributed by atoms with Crippen molar-refractivity contribution < 1.29 is 22.3 Å². The molecular formula is C15H17NO5S. The Hall–Kier alpha value is -1.99. The molecule has 0 unspecified atom stereocenters. The van der Waals surface area contributed by atoms with E-state index in [4.69, 9.17) is 13.9 Å². The van der Waals surface area contributed by atoms with Crippen molar-refractivity contribution in [1.82, 2.24) is 4.31 Å². The third-order valence-corrected chi connectivity index (χ3v) is 5.20. The standard InChI is InChI=1S/C15H17NO5S/c1-11-3-4-12(21-11)10-16(2)22(17,18)13-5-6-14-15(9-13)20-8-7-19-14/h3-6,9H,7-8,10H2,1-2H3. The molecule has 3 rings (SSSR count). The van der Waals surface area contributed by atoms with Crippen molar-refractivity contribution in [2.45, 2.75) is 18.4 Å². The monoisotopic (exact) mass is 323 g/mol. The van der Waals surface area contributed by atoms with Crippen molar-refractivity contribution in [2.24, 2.45) is 0 Å². The van der Waals surface area contributed by atoms with Gasteiger partial charge in [-0.3, -0.25) is 0 Å². The summed E-state index contributed by atoms with van der Waals surface area (Å²) in [5.41, 5.74) is 0. The molecule has 1 aliphatic heterocycles. The zero-order chi connectivity index (χ0) is 15.7. The molecule has 0 N–H and O–H groups in total. The fraction of sp³-hybridized carbons (Fsp3) is 0.333. The Labute approximate surface area is 129 Å². The molecule has 2 aromatic rings. The first-order valence-corrected chi connectivity index (χ1v) is 8.32. The Balaban J connectivity index is 1.85. The second-order valence-electron chi connectivity index (χ2n) is 5.08. The molecule has 0 saturated heterocycles. The predicted molar refractivity (Wildman–Crippen MR) is 79.5 cm³/mol. The number of sulfonamides is 1. The first-order chi connectivity index (χ1) is 10.5. The van der Waals surface area contributed by atoms with E-state index < -0.39 is 10.0 Å². The third kappa shape index (κ3) is 2.82. The van der Waals surface area contributed by atoms with Crippen LogP contribution >= 0.6 is 0 Å². The third-order valence-electron chi connectivity index (χ3n) is 3.40. The summed E-state index contributed by atoms with van der Waals surface area (Å²) in [7, 11) is -2.11. The van der Waals surface area contributed by atoms with Crippen LogP contribution in [0, 0.1) is 6.92 Å². The van der Waals surface area contributed by atoms with Gasteiger partial charge in [-0.2, -0.15) is 4.31 Å². The lowest BCUT2D eigenvalue weighted by Crippen LogP contribution is -2.26. The van der Waals surface area contributed by atoms with Crippen LogP contribution in [0.4, 0.5) is 0 Å². The highest BCUT2D eigenvalue weighted by Gasteiger charge is 2.24. The molecule has 22 heavy (non-hydrogen) atoms. The molecule has 0 spiro atoms. The van der Waals surface area contributed by atoms with Crippen LogP contribution in [0.5, 0.6) is 11.5 Å². The summed E-state index contributed by atoms with van der Waals surface area (Å²) in [6.07, 6.45) is 0. The van der Waals surface area contributed by atoms with Gasteiger partial charge < -0.3 is 13.9 Å². The van der Waals surface area contributed by atoms with E-state index in [9.17, 15) is 8.42 Å². The van der Waals surface area contributed by atoms with Crippen LogP contribution in [-0.4, -0.2) is 33.0 Å². The van der Waals surface area contributed by atoms with Crippen molar-refractivity contribution >= 4 is 10.0 Å². The Bertz CT molecular complexity index is 781. The molecule has 2 heterocycles. The van der Waals surface area contributed by atoms with Crippen molar-refractivity contribution in [1.29, 1.82) is 0 Å². The number of fused-ring (bicyclic) bond motifs is 1. The largest absolute Gasteiger partial charge is 0.486 e. The summed E-state index contributed by atoms with van der Waals surface area (Å²) < 4.78 is 42.7. The van der Waals surface area contributed by atoms with Crippen molar-refractivity contribution in [3.8, 4) is 11.5 Å². The normalized spacial score (nSPS) is 14.3. The first kappa shape index (κ1) is 14.9. The van der Waals surface area contributed by atoms with E-state index in [0.29, 0.717) is 30.5 Å². The molecule has 6 nitrogen and oxygen atoms in total. The average molecular weight is 323 g/mol. The summed E-state index contributed by atoms with van der Waals surface area (Å²) >= 11 is 0. The van der Waals surface area contributed by atoms with Gasteiger partial charge in [0.15, 0.2) is 11.5 Å². The highest BCUT2D eigenvalue weighted by atomic mass is 32.2. The van der Waals surface area contributed by atoms with Gasteiger partial charge in [0.2, 0.25) is 10.0 Å². The summed E-state index contributed by atoms with van der Waals surface area (Å²) in [6, 6.07) is 8.21. The van der Waals surface area contributed by atoms with E-state index in [2.05, 4.69) is 0 Å². The minimum absolute atomic E-state index is 0.169. The van der Waals surface area contributed by atoms with Gasteiger partial charge >= 0.3 is 0 Å². The molecule has 0 saturated carbocycles. The maximum absolute atomic E-state index is 12.6. The molecule has 0 amide bonds. The molecular weight excluding hydrogens is 306 g/mol. The summed E-state index contributed by atoms with van der Waals surface area (Å²) in [6.45, 7) is 2.87. The second-order valence-corrected chi connectivity index (χ2v) is 7.12. The molecule has 0 radical (unpaired) electrons. The lowest BCUT2D eigenvalue weighted by molar-refractivity contribution is 0.171. The smallest absolute Gasteiger partial charge is 0.243 e. The summed E-state index contributed by atoms with van der Waals surface area (Å²) in [4.78, 5) is 0.169. The summed E-state index contributed by atoms with van der Waals surface area (Å²) in [5.74, 6) is 2.37. The van der Waals surface area contributed by atoms with Gasteiger partial charge in [-0.05, 0) is 31.2 Å². The zero-order valence-electron chi connectivity index (χ0n) is 12.4. The average Bonchev–Trinajstić information content (AvgIpc) is 2.91. The van der Waals surface area contributed by atoms with Gasteiger partial charge in [-0.25, -0.2) is 8.42 Å². The van der Waals surface area contributed by atoms with Crippen LogP contribution < -0.4 is 9.47 Å². The number of furan rings is 1. The lowest BCUT2D eigenvalue weighted by Gasteiger charge is -2.20. The predicted octanol–water partition coefficient (Wildman–Crippen LogP) is 2.18. The maximum Gasteiger partial charge on any atom is 0.243 e. The van der Waals surface area contributed by atoms with E-state index in [1.54, 1.807) is 18.2 Å². The van der Waals surface area contributed by atoms with Gasteiger partial charge in [0.1, 0.15) is 24.7 Å². The minimum atomic E-state index is -3.62.